The summed E-state index contributed by atoms with van der Waals surface area (Å²) in [5.41, 5.74) is 0. The fourth-order valence-electron chi connectivity index (χ4n) is 8.55. The van der Waals surface area contributed by atoms with Gasteiger partial charge >= 0.3 is 0 Å². The van der Waals surface area contributed by atoms with Crippen molar-refractivity contribution in [1.82, 2.24) is 0 Å². The van der Waals surface area contributed by atoms with Crippen molar-refractivity contribution in [3.63, 3.8) is 0 Å². The number of aliphatic hydroxyl groups is 4. The van der Waals surface area contributed by atoms with Crippen LogP contribution in [0.15, 0.2) is 0 Å². The lowest BCUT2D eigenvalue weighted by molar-refractivity contribution is 0.143. The SMILES string of the molecule is CCCP(CCC(C1CCC(O)C1)C1CCC(O)C1)CCC(C1CCC(O)C1)C1CCC(O)C1. The molecule has 5 heteroatoms. The normalized spacial score (nSPS) is 41.2. The van der Waals surface area contributed by atoms with Gasteiger partial charge in [-0.3, -0.25) is 0 Å². The molecule has 0 aliphatic heterocycles. The van der Waals surface area contributed by atoms with Crippen LogP contribution in [0.2, 0.25) is 0 Å². The van der Waals surface area contributed by atoms with Crippen LogP contribution in [-0.4, -0.2) is 63.3 Å². The molecule has 0 saturated heterocycles. The molecular formula is C29H53O4P. The van der Waals surface area contributed by atoms with E-state index >= 15 is 0 Å². The molecule has 0 aromatic heterocycles. The van der Waals surface area contributed by atoms with Gasteiger partial charge < -0.3 is 20.4 Å². The molecule has 4 aliphatic rings. The van der Waals surface area contributed by atoms with Crippen molar-refractivity contribution in [2.24, 2.45) is 35.5 Å². The molecule has 0 spiro atoms. The zero-order chi connectivity index (χ0) is 24.1. The molecule has 0 heterocycles. The summed E-state index contributed by atoms with van der Waals surface area (Å²) < 4.78 is 0. The van der Waals surface area contributed by atoms with E-state index in [-0.39, 0.29) is 32.3 Å². The molecule has 0 aromatic carbocycles. The second kappa shape index (κ2) is 13.2. The Balaban J connectivity index is 1.35. The Hall–Kier alpha value is 0.270. The maximum atomic E-state index is 10.2. The predicted octanol–water partition coefficient (Wildman–Crippen LogP) is 5.53. The highest BCUT2D eigenvalue weighted by atomic mass is 31.1. The lowest BCUT2D eigenvalue weighted by Gasteiger charge is -2.33. The largest absolute Gasteiger partial charge is 0.393 e. The third-order valence-electron chi connectivity index (χ3n) is 10.3. The van der Waals surface area contributed by atoms with Crippen molar-refractivity contribution in [3.8, 4) is 0 Å². The summed E-state index contributed by atoms with van der Waals surface area (Å²) in [5.74, 6) is 4.05. The Bertz CT molecular complexity index is 515. The van der Waals surface area contributed by atoms with Crippen LogP contribution >= 0.6 is 7.92 Å². The first kappa shape index (κ1) is 27.3. The molecular weight excluding hydrogens is 443 g/mol. The monoisotopic (exact) mass is 496 g/mol. The third kappa shape index (κ3) is 7.41. The second-order valence-electron chi connectivity index (χ2n) is 12.7. The van der Waals surface area contributed by atoms with Crippen molar-refractivity contribution >= 4 is 7.92 Å². The Morgan fingerprint density at radius 3 is 1.09 bits per heavy atom. The van der Waals surface area contributed by atoms with E-state index < -0.39 is 0 Å². The first-order valence-electron chi connectivity index (χ1n) is 14.9. The van der Waals surface area contributed by atoms with Crippen molar-refractivity contribution < 1.29 is 20.4 Å². The van der Waals surface area contributed by atoms with Gasteiger partial charge in [-0.25, -0.2) is 0 Å². The van der Waals surface area contributed by atoms with Gasteiger partial charge in [0.15, 0.2) is 0 Å². The summed E-state index contributed by atoms with van der Waals surface area (Å²) in [4.78, 5) is 0. The summed E-state index contributed by atoms with van der Waals surface area (Å²) in [5, 5.41) is 40.9. The molecule has 0 radical (unpaired) electrons. The quantitative estimate of drug-likeness (QED) is 0.268. The molecule has 4 N–H and O–H groups in total. The molecule has 0 bridgehead atoms. The summed E-state index contributed by atoms with van der Waals surface area (Å²) in [6, 6.07) is 0. The lowest BCUT2D eigenvalue weighted by atomic mass is 9.77. The Morgan fingerprint density at radius 2 is 0.853 bits per heavy atom. The van der Waals surface area contributed by atoms with E-state index in [0.717, 1.165) is 51.4 Å². The van der Waals surface area contributed by atoms with E-state index in [1.54, 1.807) is 0 Å². The average molecular weight is 497 g/mol. The standard InChI is InChI=1S/C29H53O4P/c1-2-13-34(14-11-28(20-3-7-24(30)16-20)21-4-8-25(31)17-21)15-12-29(22-5-9-26(32)18-22)23-6-10-27(33)19-23/h20-33H,2-19H2,1H3. The van der Waals surface area contributed by atoms with Gasteiger partial charge in [-0.05, 0) is 144 Å². The van der Waals surface area contributed by atoms with Crippen LogP contribution in [0.4, 0.5) is 0 Å². The van der Waals surface area contributed by atoms with Crippen molar-refractivity contribution in [3.05, 3.63) is 0 Å². The van der Waals surface area contributed by atoms with E-state index in [4.69, 9.17) is 0 Å². The van der Waals surface area contributed by atoms with Crippen molar-refractivity contribution in [2.45, 2.75) is 128 Å². The summed E-state index contributed by atoms with van der Waals surface area (Å²) >= 11 is 0. The van der Waals surface area contributed by atoms with Crippen LogP contribution in [0.25, 0.3) is 0 Å². The average Bonchev–Trinajstić information content (AvgIpc) is 3.60. The number of rotatable bonds is 12. The van der Waals surface area contributed by atoms with E-state index in [2.05, 4.69) is 6.92 Å². The molecule has 4 rings (SSSR count). The van der Waals surface area contributed by atoms with Crippen LogP contribution in [-0.2, 0) is 0 Å². The summed E-state index contributed by atoms with van der Waals surface area (Å²) in [6.45, 7) is 2.34. The Labute approximate surface area is 210 Å². The van der Waals surface area contributed by atoms with E-state index in [9.17, 15) is 20.4 Å². The van der Waals surface area contributed by atoms with Gasteiger partial charge in [0.05, 0.1) is 24.4 Å². The fourth-order valence-corrected chi connectivity index (χ4v) is 11.2. The van der Waals surface area contributed by atoms with Gasteiger partial charge in [0.1, 0.15) is 0 Å². The third-order valence-corrected chi connectivity index (χ3v) is 13.2. The minimum Gasteiger partial charge on any atom is -0.393 e. The topological polar surface area (TPSA) is 80.9 Å². The van der Waals surface area contributed by atoms with Gasteiger partial charge in [0.2, 0.25) is 0 Å². The maximum Gasteiger partial charge on any atom is 0.0543 e. The molecule has 8 atom stereocenters. The zero-order valence-corrected chi connectivity index (χ0v) is 22.6. The maximum absolute atomic E-state index is 10.2. The first-order valence-corrected chi connectivity index (χ1v) is 16.8. The van der Waals surface area contributed by atoms with Gasteiger partial charge in [-0.15, -0.1) is 7.92 Å². The smallest absolute Gasteiger partial charge is 0.0543 e. The minimum absolute atomic E-state index is 0.0224. The molecule has 4 fully saturated rings. The van der Waals surface area contributed by atoms with E-state index in [1.165, 1.54) is 63.4 Å². The molecule has 34 heavy (non-hydrogen) atoms. The summed E-state index contributed by atoms with van der Waals surface area (Å²) in [7, 11) is 0.0224. The molecule has 0 aromatic rings. The van der Waals surface area contributed by atoms with E-state index in [1.807, 2.05) is 0 Å². The number of aliphatic hydroxyl groups excluding tert-OH is 4. The van der Waals surface area contributed by atoms with Crippen LogP contribution in [0.5, 0.6) is 0 Å². The lowest BCUT2D eigenvalue weighted by Crippen LogP contribution is -2.24. The fraction of sp³-hybridized carbons (Fsp3) is 1.00. The Kier molecular flexibility index (Phi) is 10.6. The summed E-state index contributed by atoms with van der Waals surface area (Å²) in [6.07, 6.45) is 20.1. The highest BCUT2D eigenvalue weighted by Gasteiger charge is 2.39. The first-order chi connectivity index (χ1) is 16.4. The highest BCUT2D eigenvalue weighted by molar-refractivity contribution is 7.57. The van der Waals surface area contributed by atoms with Gasteiger partial charge in [0, 0.05) is 0 Å². The highest BCUT2D eigenvalue weighted by Crippen LogP contribution is 2.50. The second-order valence-corrected chi connectivity index (χ2v) is 15.3. The minimum atomic E-state index is -0.0970. The van der Waals surface area contributed by atoms with E-state index in [0.29, 0.717) is 35.5 Å². The number of hydrogen-bond acceptors (Lipinski definition) is 4. The molecule has 0 amide bonds. The van der Waals surface area contributed by atoms with Gasteiger partial charge in [0.25, 0.3) is 0 Å². The molecule has 8 unspecified atom stereocenters. The Morgan fingerprint density at radius 1 is 0.529 bits per heavy atom. The van der Waals surface area contributed by atoms with Crippen molar-refractivity contribution in [1.29, 1.82) is 0 Å². The van der Waals surface area contributed by atoms with Crippen molar-refractivity contribution in [2.75, 3.05) is 18.5 Å². The predicted molar refractivity (Wildman–Crippen MR) is 141 cm³/mol. The zero-order valence-electron chi connectivity index (χ0n) is 21.7. The molecule has 198 valence electrons. The number of hydrogen-bond donors (Lipinski definition) is 4. The molecule has 4 nitrogen and oxygen atoms in total. The van der Waals surface area contributed by atoms with Crippen LogP contribution in [0.3, 0.4) is 0 Å². The molecule has 4 saturated carbocycles. The molecule has 4 aliphatic carbocycles. The van der Waals surface area contributed by atoms with Crippen LogP contribution in [0.1, 0.15) is 103 Å². The van der Waals surface area contributed by atoms with Gasteiger partial charge in [-0.1, -0.05) is 13.3 Å². The van der Waals surface area contributed by atoms with Gasteiger partial charge in [-0.2, -0.15) is 0 Å². The van der Waals surface area contributed by atoms with Crippen LogP contribution in [0, 0.1) is 35.5 Å². The van der Waals surface area contributed by atoms with Crippen LogP contribution < -0.4 is 0 Å².